The van der Waals surface area contributed by atoms with Crippen molar-refractivity contribution in [1.29, 1.82) is 0 Å². The number of nitrogens with zero attached hydrogens (tertiary/aromatic N) is 2. The standard InChI is InChI=1S/C19H16Cl3F2N3O2/c1-10(18-26-14-4-2-3-5-15(14)27(18)19(23)24)8-25-17(28)9-29-16-7-12(21)11(20)6-13(16)22/h2-7,10,19H,8-9H2,1H3,(H,25,28)/t10-/m0/s1. The number of carbonyl (C=O) groups excluding carboxylic acids is 1. The molecule has 1 atom stereocenters. The van der Waals surface area contributed by atoms with Crippen LogP contribution in [0, 0.1) is 0 Å². The molecule has 3 rings (SSSR count). The molecule has 10 heteroatoms. The van der Waals surface area contributed by atoms with E-state index in [1.807, 2.05) is 0 Å². The Morgan fingerprint density at radius 2 is 1.86 bits per heavy atom. The molecule has 0 bridgehead atoms. The molecule has 29 heavy (non-hydrogen) atoms. The van der Waals surface area contributed by atoms with E-state index < -0.39 is 18.4 Å². The Bertz CT molecular complexity index is 1040. The lowest BCUT2D eigenvalue weighted by molar-refractivity contribution is -0.123. The Labute approximate surface area is 180 Å². The second kappa shape index (κ2) is 9.15. The first-order chi connectivity index (χ1) is 13.8. The van der Waals surface area contributed by atoms with E-state index >= 15 is 0 Å². The quantitative estimate of drug-likeness (QED) is 0.459. The zero-order valence-corrected chi connectivity index (χ0v) is 17.4. The van der Waals surface area contributed by atoms with Crippen LogP contribution in [0.3, 0.4) is 0 Å². The van der Waals surface area contributed by atoms with Crippen LogP contribution in [-0.2, 0) is 4.79 Å². The van der Waals surface area contributed by atoms with Gasteiger partial charge in [0.25, 0.3) is 5.91 Å². The number of alkyl halides is 2. The van der Waals surface area contributed by atoms with Gasteiger partial charge in [0.15, 0.2) is 6.61 Å². The largest absolute Gasteiger partial charge is 0.482 e. The lowest BCUT2D eigenvalue weighted by atomic mass is 10.1. The maximum Gasteiger partial charge on any atom is 0.320 e. The summed E-state index contributed by atoms with van der Waals surface area (Å²) in [6.45, 7) is -1.25. The fourth-order valence-electron chi connectivity index (χ4n) is 2.78. The molecule has 0 unspecified atom stereocenters. The Hall–Kier alpha value is -2.09. The summed E-state index contributed by atoms with van der Waals surface area (Å²) < 4.78 is 33.3. The number of hydrogen-bond acceptors (Lipinski definition) is 3. The number of aromatic nitrogens is 2. The van der Waals surface area contributed by atoms with Gasteiger partial charge in [-0.1, -0.05) is 53.9 Å². The summed E-state index contributed by atoms with van der Waals surface area (Å²) in [6, 6.07) is 9.47. The molecule has 1 heterocycles. The van der Waals surface area contributed by atoms with Crippen molar-refractivity contribution in [3.63, 3.8) is 0 Å². The predicted molar refractivity (Wildman–Crippen MR) is 109 cm³/mol. The summed E-state index contributed by atoms with van der Waals surface area (Å²) in [5.74, 6) is -0.494. The number of amides is 1. The molecule has 0 spiro atoms. The van der Waals surface area contributed by atoms with Crippen LogP contribution in [-0.4, -0.2) is 28.6 Å². The molecule has 1 amide bonds. The smallest absolute Gasteiger partial charge is 0.320 e. The second-order valence-corrected chi connectivity index (χ2v) is 7.52. The third-order valence-electron chi connectivity index (χ3n) is 4.20. The van der Waals surface area contributed by atoms with Crippen LogP contribution in [0.5, 0.6) is 5.75 Å². The minimum atomic E-state index is -2.74. The average molecular weight is 463 g/mol. The Morgan fingerprint density at radius 1 is 1.17 bits per heavy atom. The van der Waals surface area contributed by atoms with E-state index in [1.165, 1.54) is 12.1 Å². The number of ether oxygens (including phenoxy) is 1. The molecule has 1 aromatic heterocycles. The summed E-state index contributed by atoms with van der Waals surface area (Å²) in [5, 5.41) is 3.37. The highest BCUT2D eigenvalue weighted by atomic mass is 35.5. The number of benzene rings is 2. The molecule has 0 saturated heterocycles. The molecule has 0 radical (unpaired) electrons. The first kappa shape index (κ1) is 21.6. The summed E-state index contributed by atoms with van der Waals surface area (Å²) >= 11 is 17.7. The van der Waals surface area contributed by atoms with E-state index in [0.717, 1.165) is 4.57 Å². The summed E-state index contributed by atoms with van der Waals surface area (Å²) in [4.78, 5) is 16.4. The van der Waals surface area contributed by atoms with E-state index in [9.17, 15) is 13.6 Å². The van der Waals surface area contributed by atoms with Gasteiger partial charge in [-0.25, -0.2) is 4.98 Å². The molecular formula is C19H16Cl3F2N3O2. The van der Waals surface area contributed by atoms with E-state index in [4.69, 9.17) is 39.5 Å². The molecule has 3 aromatic rings. The third kappa shape index (κ3) is 4.91. The van der Waals surface area contributed by atoms with Gasteiger partial charge in [-0.15, -0.1) is 0 Å². The van der Waals surface area contributed by atoms with Gasteiger partial charge in [0.05, 0.1) is 26.1 Å². The van der Waals surface area contributed by atoms with Crippen LogP contribution in [0.25, 0.3) is 11.0 Å². The van der Waals surface area contributed by atoms with Gasteiger partial charge < -0.3 is 10.1 Å². The third-order valence-corrected chi connectivity index (χ3v) is 5.22. The van der Waals surface area contributed by atoms with Crippen molar-refractivity contribution in [3.8, 4) is 5.75 Å². The Morgan fingerprint density at radius 3 is 2.59 bits per heavy atom. The van der Waals surface area contributed by atoms with Crippen LogP contribution in [0.4, 0.5) is 8.78 Å². The first-order valence-corrected chi connectivity index (χ1v) is 9.70. The van der Waals surface area contributed by atoms with Gasteiger partial charge in [0.2, 0.25) is 0 Å². The van der Waals surface area contributed by atoms with Gasteiger partial charge >= 0.3 is 6.55 Å². The number of halogens is 5. The molecular weight excluding hydrogens is 447 g/mol. The molecule has 2 aromatic carbocycles. The number of rotatable bonds is 7. The normalized spacial score (nSPS) is 12.4. The number of nitrogens with one attached hydrogen (secondary N) is 1. The molecule has 0 aliphatic heterocycles. The minimum absolute atomic E-state index is 0.105. The number of carbonyl (C=O) groups is 1. The second-order valence-electron chi connectivity index (χ2n) is 6.30. The number of hydrogen-bond donors (Lipinski definition) is 1. The minimum Gasteiger partial charge on any atom is -0.482 e. The highest BCUT2D eigenvalue weighted by Gasteiger charge is 2.22. The zero-order chi connectivity index (χ0) is 21.1. The van der Waals surface area contributed by atoms with Crippen LogP contribution in [0.15, 0.2) is 36.4 Å². The van der Waals surface area contributed by atoms with Crippen LogP contribution in [0.2, 0.25) is 15.1 Å². The van der Waals surface area contributed by atoms with E-state index in [0.29, 0.717) is 11.0 Å². The summed E-state index contributed by atoms with van der Waals surface area (Å²) in [7, 11) is 0. The molecule has 0 aliphatic carbocycles. The van der Waals surface area contributed by atoms with Gasteiger partial charge in [0, 0.05) is 18.5 Å². The van der Waals surface area contributed by atoms with E-state index in [2.05, 4.69) is 10.3 Å². The van der Waals surface area contributed by atoms with Crippen molar-refractivity contribution in [2.24, 2.45) is 0 Å². The Kier molecular flexibility index (Phi) is 6.82. The van der Waals surface area contributed by atoms with E-state index in [-0.39, 0.29) is 39.8 Å². The van der Waals surface area contributed by atoms with Gasteiger partial charge in [-0.2, -0.15) is 8.78 Å². The fraction of sp³-hybridized carbons (Fsp3) is 0.263. The van der Waals surface area contributed by atoms with E-state index in [1.54, 1.807) is 31.2 Å². The van der Waals surface area contributed by atoms with Crippen LogP contribution in [0.1, 0.15) is 25.2 Å². The number of imidazole rings is 1. The van der Waals surface area contributed by atoms with Crippen molar-refractivity contribution in [2.45, 2.75) is 19.4 Å². The lowest BCUT2D eigenvalue weighted by Gasteiger charge is -2.15. The van der Waals surface area contributed by atoms with Gasteiger partial charge in [-0.3, -0.25) is 9.36 Å². The van der Waals surface area contributed by atoms with Crippen molar-refractivity contribution in [1.82, 2.24) is 14.9 Å². The maximum absolute atomic E-state index is 13.5. The molecule has 0 fully saturated rings. The SMILES string of the molecule is C[C@@H](CNC(=O)COc1cc(Cl)c(Cl)cc1Cl)c1nc2ccccc2n1C(F)F. The summed E-state index contributed by atoms with van der Waals surface area (Å²) in [6.07, 6.45) is 0. The number of fused-ring (bicyclic) bond motifs is 1. The first-order valence-electron chi connectivity index (χ1n) is 8.57. The topological polar surface area (TPSA) is 56.1 Å². The zero-order valence-electron chi connectivity index (χ0n) is 15.1. The van der Waals surface area contributed by atoms with Gasteiger partial charge in [0.1, 0.15) is 11.6 Å². The van der Waals surface area contributed by atoms with Gasteiger partial charge in [-0.05, 0) is 18.2 Å². The predicted octanol–water partition coefficient (Wildman–Crippen LogP) is 5.69. The molecule has 0 aliphatic rings. The Balaban J connectivity index is 1.63. The molecule has 1 N–H and O–H groups in total. The van der Waals surface area contributed by atoms with Crippen molar-refractivity contribution in [3.05, 3.63) is 57.3 Å². The highest BCUT2D eigenvalue weighted by molar-refractivity contribution is 6.43. The summed E-state index contributed by atoms with van der Waals surface area (Å²) in [5.41, 5.74) is 0.812. The average Bonchev–Trinajstić information content (AvgIpc) is 3.07. The highest BCUT2D eigenvalue weighted by Crippen LogP contribution is 2.33. The number of para-hydroxylation sites is 2. The lowest BCUT2D eigenvalue weighted by Crippen LogP contribution is -2.32. The fourth-order valence-corrected chi connectivity index (χ4v) is 3.37. The van der Waals surface area contributed by atoms with Crippen molar-refractivity contribution < 1.29 is 18.3 Å². The van der Waals surface area contributed by atoms with Crippen molar-refractivity contribution in [2.75, 3.05) is 13.2 Å². The molecule has 5 nitrogen and oxygen atoms in total. The van der Waals surface area contributed by atoms with Crippen LogP contribution < -0.4 is 10.1 Å². The maximum atomic E-state index is 13.5. The monoisotopic (exact) mass is 461 g/mol. The molecule has 0 saturated carbocycles. The molecule has 154 valence electrons. The van der Waals surface area contributed by atoms with Crippen molar-refractivity contribution >= 4 is 51.7 Å². The van der Waals surface area contributed by atoms with Crippen LogP contribution >= 0.6 is 34.8 Å².